The summed E-state index contributed by atoms with van der Waals surface area (Å²) in [5.74, 6) is -0.834. The van der Waals surface area contributed by atoms with E-state index in [2.05, 4.69) is 15.3 Å². The summed E-state index contributed by atoms with van der Waals surface area (Å²) in [6, 6.07) is 4.87. The maximum absolute atomic E-state index is 14.7. The van der Waals surface area contributed by atoms with E-state index in [0.29, 0.717) is 35.0 Å². The van der Waals surface area contributed by atoms with Crippen molar-refractivity contribution in [2.24, 2.45) is 0 Å². The van der Waals surface area contributed by atoms with Crippen molar-refractivity contribution in [1.29, 1.82) is 0 Å². The molecule has 170 valence electrons. The van der Waals surface area contributed by atoms with Gasteiger partial charge in [0.15, 0.2) is 16.8 Å². The molecule has 0 radical (unpaired) electrons. The number of aliphatic hydroxyl groups excluding tert-OH is 2. The summed E-state index contributed by atoms with van der Waals surface area (Å²) in [7, 11) is 0. The average molecular weight is 464 g/mol. The lowest BCUT2D eigenvalue weighted by atomic mass is 10.1. The average Bonchev–Trinajstić information content (AvgIpc) is 3.14. The highest BCUT2D eigenvalue weighted by atomic mass is 32.1. The molecule has 0 spiro atoms. The molecular formula is C21H23F2N5O3S. The van der Waals surface area contributed by atoms with Gasteiger partial charge in [-0.2, -0.15) is 0 Å². The van der Waals surface area contributed by atoms with Crippen LogP contribution in [0.15, 0.2) is 30.5 Å². The molecule has 3 heterocycles. The van der Waals surface area contributed by atoms with E-state index >= 15 is 0 Å². The summed E-state index contributed by atoms with van der Waals surface area (Å²) in [5.41, 5.74) is 0.804. The Morgan fingerprint density at radius 3 is 2.75 bits per heavy atom. The number of nitrogens with one attached hydrogen (secondary N) is 1. The van der Waals surface area contributed by atoms with Gasteiger partial charge in [0.1, 0.15) is 11.9 Å². The van der Waals surface area contributed by atoms with Crippen LogP contribution in [0.4, 0.5) is 24.5 Å². The Morgan fingerprint density at radius 2 is 2.06 bits per heavy atom. The normalized spacial score (nSPS) is 18.6. The lowest BCUT2D eigenvalue weighted by molar-refractivity contribution is 0.0301. The lowest BCUT2D eigenvalue weighted by Crippen LogP contribution is -2.55. The molecule has 0 saturated carbocycles. The van der Waals surface area contributed by atoms with Crippen LogP contribution < -0.4 is 10.2 Å². The molecule has 11 heteroatoms. The van der Waals surface area contributed by atoms with Gasteiger partial charge in [-0.05, 0) is 38.1 Å². The summed E-state index contributed by atoms with van der Waals surface area (Å²) < 4.78 is 28.7. The molecule has 1 aliphatic heterocycles. The van der Waals surface area contributed by atoms with E-state index in [9.17, 15) is 23.8 Å². The Kier molecular flexibility index (Phi) is 6.22. The van der Waals surface area contributed by atoms with Gasteiger partial charge in [-0.25, -0.2) is 23.5 Å². The van der Waals surface area contributed by atoms with Gasteiger partial charge in [0.2, 0.25) is 0 Å². The van der Waals surface area contributed by atoms with Gasteiger partial charge in [0.25, 0.3) is 0 Å². The molecule has 32 heavy (non-hydrogen) atoms. The monoisotopic (exact) mass is 463 g/mol. The number of aliphatic hydroxyl groups is 2. The Balaban J connectivity index is 1.42. The molecule has 0 bridgehead atoms. The van der Waals surface area contributed by atoms with Gasteiger partial charge >= 0.3 is 6.03 Å². The van der Waals surface area contributed by atoms with E-state index in [4.69, 9.17) is 0 Å². The number of amides is 2. The Labute approximate surface area is 187 Å². The maximum Gasteiger partial charge on any atom is 0.323 e. The largest absolute Gasteiger partial charge is 0.390 e. The first kappa shape index (κ1) is 22.3. The van der Waals surface area contributed by atoms with Gasteiger partial charge in [0.05, 0.1) is 16.3 Å². The lowest BCUT2D eigenvalue weighted by Gasteiger charge is -2.40. The number of thiazole rings is 1. The number of carbonyl (C=O) groups excluding carboxylic acids is 1. The number of rotatable bonds is 4. The van der Waals surface area contributed by atoms with Crippen LogP contribution in [0.5, 0.6) is 0 Å². The molecule has 1 saturated heterocycles. The van der Waals surface area contributed by atoms with Crippen molar-refractivity contribution < 1.29 is 23.8 Å². The molecule has 2 aromatic heterocycles. The van der Waals surface area contributed by atoms with Crippen molar-refractivity contribution in [2.45, 2.75) is 32.1 Å². The van der Waals surface area contributed by atoms with E-state index in [1.807, 2.05) is 6.92 Å². The Morgan fingerprint density at radius 1 is 1.28 bits per heavy atom. The molecule has 0 unspecified atom stereocenters. The third-order valence-corrected chi connectivity index (χ3v) is 6.33. The third kappa shape index (κ3) is 4.50. The van der Waals surface area contributed by atoms with Crippen molar-refractivity contribution in [3.8, 4) is 0 Å². The third-order valence-electron chi connectivity index (χ3n) is 5.39. The van der Waals surface area contributed by atoms with Crippen molar-refractivity contribution in [3.63, 3.8) is 0 Å². The molecule has 3 atom stereocenters. The van der Waals surface area contributed by atoms with Crippen LogP contribution in [0.25, 0.3) is 10.2 Å². The van der Waals surface area contributed by atoms with Crippen molar-refractivity contribution in [1.82, 2.24) is 14.9 Å². The van der Waals surface area contributed by atoms with Crippen LogP contribution in [-0.4, -0.2) is 62.9 Å². The highest BCUT2D eigenvalue weighted by molar-refractivity contribution is 7.22. The zero-order valence-corrected chi connectivity index (χ0v) is 18.3. The van der Waals surface area contributed by atoms with Crippen molar-refractivity contribution >= 4 is 38.5 Å². The summed E-state index contributed by atoms with van der Waals surface area (Å²) >= 11 is 1.19. The number of hydrogen-bond acceptors (Lipinski definition) is 7. The zero-order valence-electron chi connectivity index (χ0n) is 17.5. The standard InChI is InChI=1S/C21H23F2N5O3S/c1-11-10-27(21(31)26-20-25-16-4-3-14(22)8-17(16)32-20)5-6-28(11)19-15(23)7-13(9-24-19)18(30)12(2)29/h3-4,7-9,11-12,18,29-30H,5-6,10H2,1-2H3,(H,25,26,31)/t11-,12-,18+/m1/s1. The summed E-state index contributed by atoms with van der Waals surface area (Å²) in [6.45, 7) is 4.32. The number of hydrogen-bond donors (Lipinski definition) is 3. The van der Waals surface area contributed by atoms with Crippen LogP contribution in [0.2, 0.25) is 0 Å². The minimum absolute atomic E-state index is 0.132. The number of nitrogens with zero attached hydrogens (tertiary/aromatic N) is 4. The van der Waals surface area contributed by atoms with Crippen LogP contribution in [0, 0.1) is 11.6 Å². The smallest absolute Gasteiger partial charge is 0.323 e. The molecule has 8 nitrogen and oxygen atoms in total. The number of pyridine rings is 1. The SMILES string of the molecule is C[C@@H]1CN(C(=O)Nc2nc3ccc(F)cc3s2)CCN1c1ncc([C@@H](O)[C@@H](C)O)cc1F. The highest BCUT2D eigenvalue weighted by Crippen LogP contribution is 2.28. The van der Waals surface area contributed by atoms with E-state index in [1.54, 1.807) is 15.9 Å². The number of carbonyl (C=O) groups is 1. The zero-order chi connectivity index (χ0) is 23.0. The minimum Gasteiger partial charge on any atom is -0.390 e. The van der Waals surface area contributed by atoms with Crippen LogP contribution in [0.3, 0.4) is 0 Å². The Bertz CT molecular complexity index is 1140. The van der Waals surface area contributed by atoms with E-state index in [-0.39, 0.29) is 29.3 Å². The maximum atomic E-state index is 14.7. The second kappa shape index (κ2) is 8.93. The fraction of sp³-hybridized carbons (Fsp3) is 0.381. The molecule has 2 amide bonds. The van der Waals surface area contributed by atoms with Gasteiger partial charge in [-0.15, -0.1) is 0 Å². The van der Waals surface area contributed by atoms with Crippen molar-refractivity contribution in [2.75, 3.05) is 29.9 Å². The van der Waals surface area contributed by atoms with Gasteiger partial charge in [-0.1, -0.05) is 11.3 Å². The molecular weight excluding hydrogens is 440 g/mol. The van der Waals surface area contributed by atoms with Crippen molar-refractivity contribution in [3.05, 3.63) is 47.7 Å². The molecule has 1 fully saturated rings. The van der Waals surface area contributed by atoms with E-state index in [1.165, 1.54) is 42.7 Å². The summed E-state index contributed by atoms with van der Waals surface area (Å²) in [5, 5.41) is 22.5. The number of benzene rings is 1. The molecule has 1 aliphatic rings. The van der Waals surface area contributed by atoms with Gasteiger partial charge < -0.3 is 20.0 Å². The molecule has 3 aromatic rings. The molecule has 1 aromatic carbocycles. The first-order valence-electron chi connectivity index (χ1n) is 10.1. The fourth-order valence-corrected chi connectivity index (χ4v) is 4.56. The second-order valence-corrected chi connectivity index (χ2v) is 8.84. The molecule has 4 rings (SSSR count). The predicted molar refractivity (Wildman–Crippen MR) is 118 cm³/mol. The molecule has 3 N–H and O–H groups in total. The number of fused-ring (bicyclic) bond motifs is 1. The quantitative estimate of drug-likeness (QED) is 0.550. The van der Waals surface area contributed by atoms with E-state index < -0.39 is 18.0 Å². The molecule has 0 aliphatic carbocycles. The van der Waals surface area contributed by atoms with E-state index in [0.717, 1.165) is 0 Å². The van der Waals surface area contributed by atoms with Crippen LogP contribution >= 0.6 is 11.3 Å². The summed E-state index contributed by atoms with van der Waals surface area (Å²) in [4.78, 5) is 24.5. The minimum atomic E-state index is -1.22. The van der Waals surface area contributed by atoms with Gasteiger partial charge in [-0.3, -0.25) is 5.32 Å². The number of piperazine rings is 1. The van der Waals surface area contributed by atoms with Gasteiger partial charge in [0, 0.05) is 37.4 Å². The van der Waals surface area contributed by atoms with Crippen LogP contribution in [0.1, 0.15) is 25.5 Å². The highest BCUT2D eigenvalue weighted by Gasteiger charge is 2.30. The number of urea groups is 1. The second-order valence-electron chi connectivity index (χ2n) is 7.81. The Hall–Kier alpha value is -2.89. The fourth-order valence-electron chi connectivity index (χ4n) is 3.68. The predicted octanol–water partition coefficient (Wildman–Crippen LogP) is 3.13. The number of aromatic nitrogens is 2. The first-order chi connectivity index (χ1) is 15.2. The number of anilines is 2. The summed E-state index contributed by atoms with van der Waals surface area (Å²) in [6.07, 6.45) is -0.919. The van der Waals surface area contributed by atoms with Crippen LogP contribution in [-0.2, 0) is 0 Å². The number of halogens is 2. The topological polar surface area (TPSA) is 102 Å². The first-order valence-corrected chi connectivity index (χ1v) is 10.9.